The maximum absolute atomic E-state index is 2.31. The van der Waals surface area contributed by atoms with Gasteiger partial charge in [-0.1, -0.05) is 136 Å². The second-order valence-electron chi connectivity index (χ2n) is 7.47. The number of rotatable bonds is 18. The van der Waals surface area contributed by atoms with Gasteiger partial charge in [0, 0.05) is 0 Å². The van der Waals surface area contributed by atoms with Crippen molar-refractivity contribution in [1.29, 1.82) is 0 Å². The van der Waals surface area contributed by atoms with Crippen molar-refractivity contribution in [3.05, 3.63) is 0 Å². The van der Waals surface area contributed by atoms with Crippen LogP contribution in [-0.4, -0.2) is 0 Å². The molecule has 0 aliphatic carbocycles. The number of hydrogen-bond donors (Lipinski definition) is 0. The van der Waals surface area contributed by atoms with Crippen molar-refractivity contribution in [2.24, 2.45) is 5.92 Å². The summed E-state index contributed by atoms with van der Waals surface area (Å²) in [6, 6.07) is 0. The van der Waals surface area contributed by atoms with Crippen molar-refractivity contribution in [2.45, 2.75) is 136 Å². The Morgan fingerprint density at radius 2 is 0.636 bits per heavy atom. The molecule has 0 bridgehead atoms. The van der Waals surface area contributed by atoms with Crippen molar-refractivity contribution in [3.8, 4) is 0 Å². The lowest BCUT2D eigenvalue weighted by atomic mass is 9.89. The molecular weight excluding hydrogens is 264 g/mol. The average molecular weight is 311 g/mol. The SMILES string of the molecule is CCCCCCCC(CCCCCCC)CCCCCCC. The highest BCUT2D eigenvalue weighted by molar-refractivity contribution is 4.62. The van der Waals surface area contributed by atoms with Gasteiger partial charge in [0.1, 0.15) is 0 Å². The van der Waals surface area contributed by atoms with Gasteiger partial charge in [0.25, 0.3) is 0 Å². The Balaban J connectivity index is 3.72. The van der Waals surface area contributed by atoms with Gasteiger partial charge in [-0.2, -0.15) is 0 Å². The van der Waals surface area contributed by atoms with Crippen LogP contribution in [0.4, 0.5) is 0 Å². The summed E-state index contributed by atoms with van der Waals surface area (Å²) in [5, 5.41) is 0. The molecule has 0 fully saturated rings. The van der Waals surface area contributed by atoms with E-state index in [0.717, 1.165) is 5.92 Å². The van der Waals surface area contributed by atoms with Crippen LogP contribution in [0.25, 0.3) is 0 Å². The van der Waals surface area contributed by atoms with Crippen LogP contribution >= 0.6 is 0 Å². The van der Waals surface area contributed by atoms with E-state index in [1.165, 1.54) is 116 Å². The minimum Gasteiger partial charge on any atom is -0.0654 e. The standard InChI is InChI=1S/C22H46/c1-4-7-10-13-16-19-22(20-17-14-11-8-5-2)21-18-15-12-9-6-3/h22H,4-21H2,1-3H3. The topological polar surface area (TPSA) is 0 Å². The molecule has 0 aromatic rings. The zero-order valence-electron chi connectivity index (χ0n) is 16.3. The molecule has 0 spiro atoms. The normalized spacial score (nSPS) is 11.5. The lowest BCUT2D eigenvalue weighted by molar-refractivity contribution is 0.366. The van der Waals surface area contributed by atoms with Crippen LogP contribution in [0.2, 0.25) is 0 Å². The second-order valence-corrected chi connectivity index (χ2v) is 7.47. The van der Waals surface area contributed by atoms with Crippen LogP contribution in [0.1, 0.15) is 136 Å². The van der Waals surface area contributed by atoms with Crippen LogP contribution in [-0.2, 0) is 0 Å². The van der Waals surface area contributed by atoms with E-state index in [2.05, 4.69) is 20.8 Å². The predicted octanol–water partition coefficient (Wildman–Crippen LogP) is 8.68. The lowest BCUT2D eigenvalue weighted by Crippen LogP contribution is -2.01. The molecule has 0 amide bonds. The molecule has 0 aliphatic heterocycles. The molecule has 0 heterocycles. The molecule has 0 heteroatoms. The van der Waals surface area contributed by atoms with E-state index < -0.39 is 0 Å². The maximum atomic E-state index is 2.31. The Hall–Kier alpha value is 0. The van der Waals surface area contributed by atoms with E-state index in [0.29, 0.717) is 0 Å². The first kappa shape index (κ1) is 22.0. The average Bonchev–Trinajstić information content (AvgIpc) is 2.53. The molecule has 0 aromatic heterocycles. The summed E-state index contributed by atoms with van der Waals surface area (Å²) in [7, 11) is 0. The highest BCUT2D eigenvalue weighted by atomic mass is 14.1. The van der Waals surface area contributed by atoms with Gasteiger partial charge in [-0.05, 0) is 5.92 Å². The van der Waals surface area contributed by atoms with Crippen molar-refractivity contribution in [2.75, 3.05) is 0 Å². The third-order valence-electron chi connectivity index (χ3n) is 5.15. The molecule has 0 rings (SSSR count). The van der Waals surface area contributed by atoms with E-state index in [1.54, 1.807) is 0 Å². The van der Waals surface area contributed by atoms with Crippen LogP contribution in [0.3, 0.4) is 0 Å². The van der Waals surface area contributed by atoms with Gasteiger partial charge in [0.15, 0.2) is 0 Å². The van der Waals surface area contributed by atoms with Crippen LogP contribution in [0.15, 0.2) is 0 Å². The molecule has 0 aromatic carbocycles. The smallest absolute Gasteiger partial charge is 0.0414 e. The first-order chi connectivity index (χ1) is 10.8. The van der Waals surface area contributed by atoms with Gasteiger partial charge >= 0.3 is 0 Å². The summed E-state index contributed by atoms with van der Waals surface area (Å²) in [5.74, 6) is 1.05. The minimum absolute atomic E-state index is 1.05. The van der Waals surface area contributed by atoms with Gasteiger partial charge < -0.3 is 0 Å². The number of unbranched alkanes of at least 4 members (excludes halogenated alkanes) is 12. The minimum atomic E-state index is 1.05. The van der Waals surface area contributed by atoms with Crippen molar-refractivity contribution >= 4 is 0 Å². The monoisotopic (exact) mass is 310 g/mol. The molecule has 0 N–H and O–H groups in total. The highest BCUT2D eigenvalue weighted by Gasteiger charge is 2.08. The molecule has 134 valence electrons. The van der Waals surface area contributed by atoms with E-state index in [4.69, 9.17) is 0 Å². The Kier molecular flexibility index (Phi) is 19.0. The van der Waals surface area contributed by atoms with Gasteiger partial charge in [0.05, 0.1) is 0 Å². The summed E-state index contributed by atoms with van der Waals surface area (Å²) < 4.78 is 0. The molecule has 0 saturated carbocycles. The van der Waals surface area contributed by atoms with E-state index >= 15 is 0 Å². The molecule has 0 aliphatic rings. The predicted molar refractivity (Wildman–Crippen MR) is 104 cm³/mol. The third-order valence-corrected chi connectivity index (χ3v) is 5.15. The quantitative estimate of drug-likeness (QED) is 0.222. The first-order valence-electron chi connectivity index (χ1n) is 10.8. The van der Waals surface area contributed by atoms with E-state index in [-0.39, 0.29) is 0 Å². The Labute approximate surface area is 142 Å². The summed E-state index contributed by atoms with van der Waals surface area (Å²) in [6.45, 7) is 6.94. The van der Waals surface area contributed by atoms with Crippen molar-refractivity contribution < 1.29 is 0 Å². The number of hydrogen-bond acceptors (Lipinski definition) is 0. The van der Waals surface area contributed by atoms with Crippen molar-refractivity contribution in [1.82, 2.24) is 0 Å². The third kappa shape index (κ3) is 16.4. The fourth-order valence-electron chi connectivity index (χ4n) is 3.54. The summed E-state index contributed by atoms with van der Waals surface area (Å²) in [5.41, 5.74) is 0. The largest absolute Gasteiger partial charge is 0.0654 e. The van der Waals surface area contributed by atoms with E-state index in [9.17, 15) is 0 Å². The highest BCUT2D eigenvalue weighted by Crippen LogP contribution is 2.24. The summed E-state index contributed by atoms with van der Waals surface area (Å²) >= 11 is 0. The fourth-order valence-corrected chi connectivity index (χ4v) is 3.54. The second kappa shape index (κ2) is 19.0. The molecule has 0 unspecified atom stereocenters. The molecule has 0 atom stereocenters. The molecule has 22 heavy (non-hydrogen) atoms. The summed E-state index contributed by atoms with van der Waals surface area (Å²) in [6.07, 6.45) is 26.3. The Morgan fingerprint density at radius 3 is 0.909 bits per heavy atom. The Morgan fingerprint density at radius 1 is 0.364 bits per heavy atom. The van der Waals surface area contributed by atoms with Gasteiger partial charge in [-0.3, -0.25) is 0 Å². The zero-order chi connectivity index (χ0) is 16.3. The molecule has 0 nitrogen and oxygen atoms in total. The first-order valence-corrected chi connectivity index (χ1v) is 10.8. The zero-order valence-corrected chi connectivity index (χ0v) is 16.3. The summed E-state index contributed by atoms with van der Waals surface area (Å²) in [4.78, 5) is 0. The maximum Gasteiger partial charge on any atom is -0.0414 e. The van der Waals surface area contributed by atoms with Gasteiger partial charge in [-0.15, -0.1) is 0 Å². The Bertz CT molecular complexity index is 151. The van der Waals surface area contributed by atoms with Gasteiger partial charge in [0.2, 0.25) is 0 Å². The van der Waals surface area contributed by atoms with Gasteiger partial charge in [-0.25, -0.2) is 0 Å². The van der Waals surface area contributed by atoms with Crippen LogP contribution < -0.4 is 0 Å². The van der Waals surface area contributed by atoms with E-state index in [1.807, 2.05) is 0 Å². The van der Waals surface area contributed by atoms with Crippen molar-refractivity contribution in [3.63, 3.8) is 0 Å². The fraction of sp³-hybridized carbons (Fsp3) is 1.00. The van der Waals surface area contributed by atoms with Crippen LogP contribution in [0, 0.1) is 5.92 Å². The lowest BCUT2D eigenvalue weighted by Gasteiger charge is -2.17. The molecule has 0 radical (unpaired) electrons. The molecule has 0 saturated heterocycles. The molecular formula is C22H46. The van der Waals surface area contributed by atoms with Crippen LogP contribution in [0.5, 0.6) is 0 Å².